The van der Waals surface area contributed by atoms with Crippen molar-refractivity contribution < 1.29 is 14.3 Å². The summed E-state index contributed by atoms with van der Waals surface area (Å²) in [5.41, 5.74) is 0.428. The van der Waals surface area contributed by atoms with Crippen molar-refractivity contribution in [2.45, 2.75) is 6.92 Å². The van der Waals surface area contributed by atoms with Gasteiger partial charge in [-0.1, -0.05) is 11.6 Å². The van der Waals surface area contributed by atoms with Crippen LogP contribution in [0.15, 0.2) is 42.6 Å². The van der Waals surface area contributed by atoms with Gasteiger partial charge in [-0.05, 0) is 36.4 Å². The number of pyridine rings is 1. The summed E-state index contributed by atoms with van der Waals surface area (Å²) < 4.78 is 4.88. The zero-order chi connectivity index (χ0) is 14.5. The minimum Gasteiger partial charge on any atom is -0.427 e. The number of halogens is 1. The molecule has 2 rings (SSSR count). The molecular weight excluding hydrogens is 280 g/mol. The predicted molar refractivity (Wildman–Crippen MR) is 75.0 cm³/mol. The molecule has 1 amide bonds. The van der Waals surface area contributed by atoms with Crippen LogP contribution in [-0.2, 0) is 4.79 Å². The first-order chi connectivity index (χ1) is 9.54. The second kappa shape index (κ2) is 6.16. The third kappa shape index (κ3) is 3.80. The Morgan fingerprint density at radius 2 is 1.85 bits per heavy atom. The van der Waals surface area contributed by atoms with E-state index in [9.17, 15) is 9.59 Å². The van der Waals surface area contributed by atoms with E-state index in [2.05, 4.69) is 10.3 Å². The minimum atomic E-state index is -0.410. The summed E-state index contributed by atoms with van der Waals surface area (Å²) in [4.78, 5) is 26.7. The van der Waals surface area contributed by atoms with Crippen LogP contribution in [0.3, 0.4) is 0 Å². The lowest BCUT2D eigenvalue weighted by molar-refractivity contribution is -0.131. The van der Waals surface area contributed by atoms with Gasteiger partial charge in [-0.25, -0.2) is 4.98 Å². The predicted octanol–water partition coefficient (Wildman–Crippen LogP) is 2.91. The second-order valence-corrected chi connectivity index (χ2v) is 4.37. The number of anilines is 1. The number of esters is 1. The fraction of sp³-hybridized carbons (Fsp3) is 0.0714. The minimum absolute atomic E-state index is 0.311. The number of carbonyl (C=O) groups is 2. The Morgan fingerprint density at radius 3 is 2.40 bits per heavy atom. The maximum absolute atomic E-state index is 11.9. The van der Waals surface area contributed by atoms with Gasteiger partial charge in [0.05, 0.1) is 5.02 Å². The molecule has 1 aromatic carbocycles. The molecule has 1 aromatic heterocycles. The smallest absolute Gasteiger partial charge is 0.308 e. The highest BCUT2D eigenvalue weighted by Gasteiger charge is 2.07. The Hall–Kier alpha value is -2.40. The maximum atomic E-state index is 11.9. The van der Waals surface area contributed by atoms with Gasteiger partial charge in [-0.15, -0.1) is 0 Å². The third-order valence-corrected chi connectivity index (χ3v) is 2.57. The molecule has 0 saturated heterocycles. The van der Waals surface area contributed by atoms with Crippen molar-refractivity contribution in [2.24, 2.45) is 0 Å². The standard InChI is InChI=1S/C14H11ClN2O3/c1-9(18)20-12-5-2-10(3-6-12)14(19)17-13-7-4-11(15)8-16-13/h2-8H,1H3,(H,16,17,19). The van der Waals surface area contributed by atoms with Crippen LogP contribution < -0.4 is 10.1 Å². The molecule has 1 heterocycles. The van der Waals surface area contributed by atoms with Crippen molar-refractivity contribution in [1.29, 1.82) is 0 Å². The average Bonchev–Trinajstić information content (AvgIpc) is 2.41. The molecule has 0 aliphatic carbocycles. The molecule has 20 heavy (non-hydrogen) atoms. The molecule has 0 unspecified atom stereocenters. The quantitative estimate of drug-likeness (QED) is 0.697. The zero-order valence-corrected chi connectivity index (χ0v) is 11.3. The van der Waals surface area contributed by atoms with E-state index in [1.54, 1.807) is 36.4 Å². The average molecular weight is 291 g/mol. The molecule has 1 N–H and O–H groups in total. The number of carbonyl (C=O) groups excluding carboxylic acids is 2. The molecule has 5 nitrogen and oxygen atoms in total. The van der Waals surface area contributed by atoms with Crippen molar-refractivity contribution in [1.82, 2.24) is 4.98 Å². The first-order valence-electron chi connectivity index (χ1n) is 5.76. The highest BCUT2D eigenvalue weighted by molar-refractivity contribution is 6.30. The summed E-state index contributed by atoms with van der Waals surface area (Å²) in [6.07, 6.45) is 1.45. The van der Waals surface area contributed by atoms with E-state index >= 15 is 0 Å². The molecular formula is C14H11ClN2O3. The first-order valence-corrected chi connectivity index (χ1v) is 6.14. The molecule has 0 aliphatic heterocycles. The lowest BCUT2D eigenvalue weighted by Crippen LogP contribution is -2.12. The van der Waals surface area contributed by atoms with Gasteiger partial charge in [-0.3, -0.25) is 9.59 Å². The van der Waals surface area contributed by atoms with Crippen molar-refractivity contribution in [3.63, 3.8) is 0 Å². The van der Waals surface area contributed by atoms with E-state index in [0.29, 0.717) is 22.2 Å². The Kier molecular flexibility index (Phi) is 4.32. The van der Waals surface area contributed by atoms with Crippen molar-refractivity contribution in [2.75, 3.05) is 5.32 Å². The second-order valence-electron chi connectivity index (χ2n) is 3.93. The number of rotatable bonds is 3. The van der Waals surface area contributed by atoms with Gasteiger partial charge in [-0.2, -0.15) is 0 Å². The number of hydrogen-bond donors (Lipinski definition) is 1. The number of nitrogens with zero attached hydrogens (tertiary/aromatic N) is 1. The highest BCUT2D eigenvalue weighted by Crippen LogP contribution is 2.14. The summed E-state index contributed by atoms with van der Waals surface area (Å²) >= 11 is 5.71. The molecule has 2 aromatic rings. The Balaban J connectivity index is 2.05. The molecule has 0 bridgehead atoms. The van der Waals surface area contributed by atoms with Crippen molar-refractivity contribution in [3.8, 4) is 5.75 Å². The maximum Gasteiger partial charge on any atom is 0.308 e. The first kappa shape index (κ1) is 14.0. The van der Waals surface area contributed by atoms with Gasteiger partial charge in [0.2, 0.25) is 0 Å². The number of aromatic nitrogens is 1. The monoisotopic (exact) mass is 290 g/mol. The van der Waals surface area contributed by atoms with Crippen LogP contribution in [0, 0.1) is 0 Å². The van der Waals surface area contributed by atoms with Crippen LogP contribution in [0.5, 0.6) is 5.75 Å². The van der Waals surface area contributed by atoms with Crippen molar-refractivity contribution in [3.05, 3.63) is 53.2 Å². The third-order valence-electron chi connectivity index (χ3n) is 2.35. The van der Waals surface area contributed by atoms with E-state index < -0.39 is 5.97 Å². The van der Waals surface area contributed by atoms with E-state index in [1.807, 2.05) is 0 Å². The van der Waals surface area contributed by atoms with Gasteiger partial charge >= 0.3 is 5.97 Å². The highest BCUT2D eigenvalue weighted by atomic mass is 35.5. The summed E-state index contributed by atoms with van der Waals surface area (Å²) in [7, 11) is 0. The zero-order valence-electron chi connectivity index (χ0n) is 10.6. The summed E-state index contributed by atoms with van der Waals surface area (Å²) in [6, 6.07) is 9.45. The van der Waals surface area contributed by atoms with Gasteiger partial charge in [0, 0.05) is 18.7 Å². The molecule has 0 saturated carbocycles. The molecule has 0 radical (unpaired) electrons. The lowest BCUT2D eigenvalue weighted by Gasteiger charge is -2.05. The van der Waals surface area contributed by atoms with Crippen LogP contribution in [0.25, 0.3) is 0 Å². The Bertz CT molecular complexity index is 624. The van der Waals surface area contributed by atoms with E-state index in [4.69, 9.17) is 16.3 Å². The molecule has 0 atom stereocenters. The Labute approximate surface area is 120 Å². The number of benzene rings is 1. The van der Waals surface area contributed by atoms with E-state index in [-0.39, 0.29) is 5.91 Å². The largest absolute Gasteiger partial charge is 0.427 e. The lowest BCUT2D eigenvalue weighted by atomic mass is 10.2. The van der Waals surface area contributed by atoms with Crippen LogP contribution in [0.1, 0.15) is 17.3 Å². The molecule has 102 valence electrons. The van der Waals surface area contributed by atoms with Crippen LogP contribution in [-0.4, -0.2) is 16.9 Å². The number of hydrogen-bond acceptors (Lipinski definition) is 4. The topological polar surface area (TPSA) is 68.3 Å². The van der Waals surface area contributed by atoms with Gasteiger partial charge in [0.25, 0.3) is 5.91 Å². The van der Waals surface area contributed by atoms with Gasteiger partial charge < -0.3 is 10.1 Å². The molecule has 6 heteroatoms. The summed E-state index contributed by atoms with van der Waals surface area (Å²) in [5, 5.41) is 3.12. The molecule has 0 aliphatic rings. The van der Waals surface area contributed by atoms with E-state index in [0.717, 1.165) is 0 Å². The number of ether oxygens (including phenoxy) is 1. The van der Waals surface area contributed by atoms with Crippen LogP contribution in [0.4, 0.5) is 5.82 Å². The number of amides is 1. The SMILES string of the molecule is CC(=O)Oc1ccc(C(=O)Nc2ccc(Cl)cn2)cc1. The van der Waals surface area contributed by atoms with E-state index in [1.165, 1.54) is 13.1 Å². The van der Waals surface area contributed by atoms with Crippen LogP contribution >= 0.6 is 11.6 Å². The summed E-state index contributed by atoms with van der Waals surface area (Å²) in [5.74, 6) is 0.0730. The summed E-state index contributed by atoms with van der Waals surface area (Å²) in [6.45, 7) is 1.31. The number of nitrogens with one attached hydrogen (secondary N) is 1. The molecule has 0 fully saturated rings. The fourth-order valence-corrected chi connectivity index (χ4v) is 1.59. The Morgan fingerprint density at radius 1 is 1.15 bits per heavy atom. The van der Waals surface area contributed by atoms with Crippen molar-refractivity contribution >= 4 is 29.3 Å². The normalized spacial score (nSPS) is 9.90. The molecule has 0 spiro atoms. The van der Waals surface area contributed by atoms with Gasteiger partial charge in [0.1, 0.15) is 11.6 Å². The van der Waals surface area contributed by atoms with Gasteiger partial charge in [0.15, 0.2) is 0 Å². The van der Waals surface area contributed by atoms with Crippen LogP contribution in [0.2, 0.25) is 5.02 Å². The fourth-order valence-electron chi connectivity index (χ4n) is 1.48.